The van der Waals surface area contributed by atoms with E-state index in [0.717, 1.165) is 51.5 Å². The van der Waals surface area contributed by atoms with Crippen molar-refractivity contribution >= 4 is 5.96 Å². The highest BCUT2D eigenvalue weighted by Crippen LogP contribution is 2.32. The number of aliphatic hydroxyl groups is 1. The molecule has 2 rings (SSSR count). The van der Waals surface area contributed by atoms with Crippen molar-refractivity contribution in [3.8, 4) is 0 Å². The molecule has 7 heteroatoms. The summed E-state index contributed by atoms with van der Waals surface area (Å²) in [7, 11) is 0. The van der Waals surface area contributed by atoms with Gasteiger partial charge in [0.2, 0.25) is 0 Å². The van der Waals surface area contributed by atoms with Gasteiger partial charge in [0.25, 0.3) is 0 Å². The highest BCUT2D eigenvalue weighted by Gasteiger charge is 2.34. The number of aryl methyl sites for hydroxylation is 1. The van der Waals surface area contributed by atoms with Crippen LogP contribution < -0.4 is 10.6 Å². The average molecular weight is 323 g/mol. The molecular formula is C16H29N5O2. The second kappa shape index (κ2) is 9.52. The fraction of sp³-hybridized carbons (Fsp3) is 0.750. The smallest absolute Gasteiger partial charge is 0.191 e. The number of rotatable bonds is 9. The van der Waals surface area contributed by atoms with Gasteiger partial charge >= 0.3 is 0 Å². The highest BCUT2D eigenvalue weighted by molar-refractivity contribution is 5.79. The van der Waals surface area contributed by atoms with Gasteiger partial charge in [-0.25, -0.2) is 0 Å². The topological polar surface area (TPSA) is 83.7 Å². The van der Waals surface area contributed by atoms with Crippen LogP contribution in [0, 0.1) is 5.41 Å². The molecule has 1 atom stereocenters. The minimum absolute atomic E-state index is 0.00778. The third kappa shape index (κ3) is 5.84. The van der Waals surface area contributed by atoms with Gasteiger partial charge in [-0.05, 0) is 32.3 Å². The number of ether oxygens (including phenoxy) is 1. The Morgan fingerprint density at radius 2 is 2.39 bits per heavy atom. The molecule has 2 heterocycles. The van der Waals surface area contributed by atoms with Crippen LogP contribution in [0.3, 0.4) is 0 Å². The molecule has 1 aliphatic heterocycles. The van der Waals surface area contributed by atoms with Gasteiger partial charge in [-0.1, -0.05) is 0 Å². The van der Waals surface area contributed by atoms with E-state index >= 15 is 0 Å². The monoisotopic (exact) mass is 323 g/mol. The molecule has 1 aromatic rings. The van der Waals surface area contributed by atoms with Gasteiger partial charge in [-0.2, -0.15) is 5.10 Å². The van der Waals surface area contributed by atoms with Crippen molar-refractivity contribution in [2.24, 2.45) is 10.4 Å². The number of guanidine groups is 1. The SMILES string of the molecule is CCNC(=NCC1(CCO)CCOC1)NCCCn1cccn1. The van der Waals surface area contributed by atoms with Crippen LogP contribution in [-0.2, 0) is 11.3 Å². The molecule has 1 saturated heterocycles. The van der Waals surface area contributed by atoms with Crippen molar-refractivity contribution in [3.05, 3.63) is 18.5 Å². The molecule has 23 heavy (non-hydrogen) atoms. The predicted molar refractivity (Wildman–Crippen MR) is 90.4 cm³/mol. The molecule has 1 aliphatic rings. The Bertz CT molecular complexity index is 455. The maximum atomic E-state index is 9.28. The molecular weight excluding hydrogens is 294 g/mol. The molecule has 0 aromatic carbocycles. The minimum Gasteiger partial charge on any atom is -0.396 e. The number of hydrogen-bond donors (Lipinski definition) is 3. The van der Waals surface area contributed by atoms with E-state index in [2.05, 4.69) is 22.7 Å². The Morgan fingerprint density at radius 3 is 3.04 bits per heavy atom. The first-order valence-electron chi connectivity index (χ1n) is 8.46. The van der Waals surface area contributed by atoms with E-state index in [1.165, 1.54) is 0 Å². The van der Waals surface area contributed by atoms with E-state index in [4.69, 9.17) is 9.73 Å². The molecule has 0 spiro atoms. The van der Waals surface area contributed by atoms with E-state index in [0.29, 0.717) is 13.2 Å². The van der Waals surface area contributed by atoms with Crippen LogP contribution in [0.15, 0.2) is 23.5 Å². The second-order valence-corrected chi connectivity index (χ2v) is 6.02. The predicted octanol–water partition coefficient (Wildman–Crippen LogP) is 0.617. The lowest BCUT2D eigenvalue weighted by atomic mass is 9.84. The molecule has 0 amide bonds. The zero-order chi connectivity index (χ0) is 16.4. The van der Waals surface area contributed by atoms with Crippen molar-refractivity contribution in [2.75, 3.05) is 39.5 Å². The molecule has 0 saturated carbocycles. The van der Waals surface area contributed by atoms with Gasteiger partial charge in [0.1, 0.15) is 0 Å². The molecule has 1 fully saturated rings. The lowest BCUT2D eigenvalue weighted by Gasteiger charge is -2.24. The van der Waals surface area contributed by atoms with Gasteiger partial charge in [0.15, 0.2) is 5.96 Å². The first kappa shape index (κ1) is 17.7. The molecule has 0 radical (unpaired) electrons. The molecule has 3 N–H and O–H groups in total. The summed E-state index contributed by atoms with van der Waals surface area (Å²) in [5.41, 5.74) is -0.00778. The van der Waals surface area contributed by atoms with Gasteiger partial charge in [-0.3, -0.25) is 9.67 Å². The van der Waals surface area contributed by atoms with E-state index in [9.17, 15) is 5.11 Å². The van der Waals surface area contributed by atoms with Crippen molar-refractivity contribution in [1.82, 2.24) is 20.4 Å². The van der Waals surface area contributed by atoms with Crippen molar-refractivity contribution in [2.45, 2.75) is 32.7 Å². The molecule has 0 bridgehead atoms. The van der Waals surface area contributed by atoms with Crippen LogP contribution >= 0.6 is 0 Å². The van der Waals surface area contributed by atoms with E-state index in [1.807, 2.05) is 16.9 Å². The number of nitrogens with one attached hydrogen (secondary N) is 2. The van der Waals surface area contributed by atoms with Crippen LogP contribution in [0.25, 0.3) is 0 Å². The summed E-state index contributed by atoms with van der Waals surface area (Å²) in [6.07, 6.45) is 6.46. The fourth-order valence-corrected chi connectivity index (χ4v) is 2.76. The normalized spacial score (nSPS) is 21.6. The maximum absolute atomic E-state index is 9.28. The van der Waals surface area contributed by atoms with E-state index in [-0.39, 0.29) is 12.0 Å². The first-order chi connectivity index (χ1) is 11.3. The summed E-state index contributed by atoms with van der Waals surface area (Å²) in [5, 5.41) is 20.1. The molecule has 130 valence electrons. The van der Waals surface area contributed by atoms with Crippen LogP contribution in [0.4, 0.5) is 0 Å². The Morgan fingerprint density at radius 1 is 1.48 bits per heavy atom. The Balaban J connectivity index is 1.79. The standard InChI is InChI=1S/C16H29N5O2/c1-2-17-15(18-7-3-9-21-10-4-8-20-21)19-13-16(5-11-22)6-12-23-14-16/h4,8,10,22H,2-3,5-7,9,11-14H2,1H3,(H2,17,18,19). The third-order valence-corrected chi connectivity index (χ3v) is 4.16. The number of aromatic nitrogens is 2. The number of nitrogens with zero attached hydrogens (tertiary/aromatic N) is 3. The summed E-state index contributed by atoms with van der Waals surface area (Å²) in [6.45, 7) is 6.95. The molecule has 7 nitrogen and oxygen atoms in total. The molecule has 1 unspecified atom stereocenters. The lowest BCUT2D eigenvalue weighted by molar-refractivity contribution is 0.131. The average Bonchev–Trinajstić information content (AvgIpc) is 3.22. The molecule has 0 aliphatic carbocycles. The highest BCUT2D eigenvalue weighted by atomic mass is 16.5. The Kier molecular flexibility index (Phi) is 7.35. The summed E-state index contributed by atoms with van der Waals surface area (Å²) >= 11 is 0. The third-order valence-electron chi connectivity index (χ3n) is 4.16. The first-order valence-corrected chi connectivity index (χ1v) is 8.46. The quantitative estimate of drug-likeness (QED) is 0.352. The second-order valence-electron chi connectivity index (χ2n) is 6.02. The largest absolute Gasteiger partial charge is 0.396 e. The van der Waals surface area contributed by atoms with Crippen LogP contribution in [0.5, 0.6) is 0 Å². The number of aliphatic imine (C=N–C) groups is 1. The summed E-state index contributed by atoms with van der Waals surface area (Å²) in [5.74, 6) is 0.831. The van der Waals surface area contributed by atoms with Crippen molar-refractivity contribution < 1.29 is 9.84 Å². The van der Waals surface area contributed by atoms with Gasteiger partial charge in [-0.15, -0.1) is 0 Å². The van der Waals surface area contributed by atoms with Crippen LogP contribution in [0.1, 0.15) is 26.2 Å². The van der Waals surface area contributed by atoms with Crippen molar-refractivity contribution in [3.63, 3.8) is 0 Å². The zero-order valence-electron chi connectivity index (χ0n) is 14.0. The lowest BCUT2D eigenvalue weighted by Crippen LogP contribution is -2.39. The van der Waals surface area contributed by atoms with E-state index < -0.39 is 0 Å². The van der Waals surface area contributed by atoms with Crippen LogP contribution in [-0.4, -0.2) is 60.3 Å². The van der Waals surface area contributed by atoms with Gasteiger partial charge in [0.05, 0.1) is 13.2 Å². The number of hydrogen-bond acceptors (Lipinski definition) is 4. The van der Waals surface area contributed by atoms with Gasteiger partial charge in [0, 0.05) is 50.7 Å². The Hall–Kier alpha value is -1.60. The maximum Gasteiger partial charge on any atom is 0.191 e. The van der Waals surface area contributed by atoms with Gasteiger partial charge < -0.3 is 20.5 Å². The zero-order valence-corrected chi connectivity index (χ0v) is 14.0. The molecule has 1 aromatic heterocycles. The number of aliphatic hydroxyl groups excluding tert-OH is 1. The summed E-state index contributed by atoms with van der Waals surface area (Å²) in [6, 6.07) is 1.93. The summed E-state index contributed by atoms with van der Waals surface area (Å²) in [4.78, 5) is 4.70. The van der Waals surface area contributed by atoms with E-state index in [1.54, 1.807) is 6.20 Å². The summed E-state index contributed by atoms with van der Waals surface area (Å²) < 4.78 is 7.44. The fourth-order valence-electron chi connectivity index (χ4n) is 2.76. The van der Waals surface area contributed by atoms with Crippen molar-refractivity contribution in [1.29, 1.82) is 0 Å². The van der Waals surface area contributed by atoms with Crippen LogP contribution in [0.2, 0.25) is 0 Å². The minimum atomic E-state index is -0.00778. The Labute approximate surface area is 138 Å².